The molecule has 0 bridgehead atoms. The van der Waals surface area contributed by atoms with Crippen molar-refractivity contribution in [2.45, 2.75) is 31.8 Å². The number of benzene rings is 2. The summed E-state index contributed by atoms with van der Waals surface area (Å²) < 4.78 is 37.8. The molecular formula is C24H21N5O3S2. The van der Waals surface area contributed by atoms with Gasteiger partial charge in [-0.15, -0.1) is 0 Å². The van der Waals surface area contributed by atoms with E-state index in [9.17, 15) is 13.2 Å². The lowest BCUT2D eigenvalue weighted by Crippen LogP contribution is -2.33. The number of hydrogen-bond acceptors (Lipinski definition) is 7. The maximum Gasteiger partial charge on any atom is 0.252 e. The second kappa shape index (κ2) is 8.71. The van der Waals surface area contributed by atoms with Gasteiger partial charge in [-0.2, -0.15) is 13.1 Å². The number of rotatable bonds is 6. The topological polar surface area (TPSA) is 109 Å². The van der Waals surface area contributed by atoms with Crippen LogP contribution >= 0.6 is 11.7 Å². The minimum atomic E-state index is -4.04. The molecule has 0 aliphatic heterocycles. The monoisotopic (exact) mass is 491 g/mol. The van der Waals surface area contributed by atoms with E-state index in [1.165, 1.54) is 4.31 Å². The summed E-state index contributed by atoms with van der Waals surface area (Å²) in [6.07, 6.45) is 3.25. The molecule has 0 atom stereocenters. The number of nitrogens with one attached hydrogen (secondary N) is 1. The van der Waals surface area contributed by atoms with Gasteiger partial charge in [-0.05, 0) is 60.2 Å². The third-order valence-electron chi connectivity index (χ3n) is 5.68. The number of hydrogen-bond donors (Lipinski definition) is 1. The van der Waals surface area contributed by atoms with Crippen molar-refractivity contribution in [1.29, 1.82) is 0 Å². The normalized spacial score (nSPS) is 12.1. The Morgan fingerprint density at radius 1 is 1.03 bits per heavy atom. The van der Waals surface area contributed by atoms with Crippen molar-refractivity contribution in [2.24, 2.45) is 0 Å². The van der Waals surface area contributed by atoms with E-state index in [1.54, 1.807) is 49.6 Å². The van der Waals surface area contributed by atoms with Gasteiger partial charge in [0.2, 0.25) is 10.0 Å². The van der Waals surface area contributed by atoms with Crippen LogP contribution in [0.3, 0.4) is 0 Å². The molecule has 34 heavy (non-hydrogen) atoms. The summed E-state index contributed by atoms with van der Waals surface area (Å²) in [6, 6.07) is 14.5. The Labute approximate surface area is 200 Å². The Bertz CT molecular complexity index is 1680. The van der Waals surface area contributed by atoms with E-state index in [0.717, 1.165) is 22.7 Å². The summed E-state index contributed by atoms with van der Waals surface area (Å²) in [4.78, 5) is 20.0. The van der Waals surface area contributed by atoms with Crippen LogP contribution in [0.1, 0.15) is 22.3 Å². The Morgan fingerprint density at radius 2 is 1.88 bits per heavy atom. The predicted molar refractivity (Wildman–Crippen MR) is 132 cm³/mol. The van der Waals surface area contributed by atoms with E-state index in [0.29, 0.717) is 33.2 Å². The van der Waals surface area contributed by atoms with Crippen LogP contribution in [0.4, 0.5) is 0 Å². The lowest BCUT2D eigenvalue weighted by atomic mass is 10.1. The summed E-state index contributed by atoms with van der Waals surface area (Å²) in [5.74, 6) is 0. The molecule has 2 aromatic carbocycles. The summed E-state index contributed by atoms with van der Waals surface area (Å²) in [7, 11) is -4.04. The highest BCUT2D eigenvalue weighted by molar-refractivity contribution is 7.89. The van der Waals surface area contributed by atoms with Gasteiger partial charge >= 0.3 is 0 Å². The molecule has 0 aliphatic rings. The van der Waals surface area contributed by atoms with Gasteiger partial charge in [0.25, 0.3) is 5.56 Å². The van der Waals surface area contributed by atoms with Crippen molar-refractivity contribution in [3.05, 3.63) is 93.5 Å². The number of nitrogens with zero attached hydrogens (tertiary/aromatic N) is 4. The van der Waals surface area contributed by atoms with Crippen molar-refractivity contribution < 1.29 is 8.42 Å². The molecule has 3 aromatic heterocycles. The number of aryl methyl sites for hydroxylation is 2. The second-order valence-electron chi connectivity index (χ2n) is 8.19. The molecule has 10 heteroatoms. The van der Waals surface area contributed by atoms with Gasteiger partial charge in [0, 0.05) is 36.6 Å². The fraction of sp³-hybridized carbons (Fsp3) is 0.167. The highest BCUT2D eigenvalue weighted by Gasteiger charge is 2.30. The van der Waals surface area contributed by atoms with Crippen molar-refractivity contribution in [3.8, 4) is 0 Å². The third kappa shape index (κ3) is 4.11. The molecule has 0 unspecified atom stereocenters. The first-order valence-electron chi connectivity index (χ1n) is 10.6. The summed E-state index contributed by atoms with van der Waals surface area (Å²) in [5, 5.41) is 0.834. The lowest BCUT2D eigenvalue weighted by molar-refractivity contribution is 0.399. The summed E-state index contributed by atoms with van der Waals surface area (Å²) in [6.45, 7) is 3.63. The Morgan fingerprint density at radius 3 is 2.68 bits per heavy atom. The zero-order valence-corrected chi connectivity index (χ0v) is 20.2. The summed E-state index contributed by atoms with van der Waals surface area (Å²) >= 11 is 0.969. The van der Waals surface area contributed by atoms with Gasteiger partial charge in [0.15, 0.2) is 0 Å². The molecule has 0 aliphatic carbocycles. The van der Waals surface area contributed by atoms with Crippen LogP contribution in [0, 0.1) is 13.8 Å². The van der Waals surface area contributed by atoms with Gasteiger partial charge in [0.05, 0.1) is 11.7 Å². The molecule has 1 N–H and O–H groups in total. The molecule has 5 rings (SSSR count). The zero-order chi connectivity index (χ0) is 23.9. The average Bonchev–Trinajstić information content (AvgIpc) is 3.28. The maximum atomic E-state index is 14.0. The lowest BCUT2D eigenvalue weighted by Gasteiger charge is -2.23. The fourth-order valence-corrected chi connectivity index (χ4v) is 6.33. The number of aromatic nitrogens is 4. The first-order valence-corrected chi connectivity index (χ1v) is 12.7. The average molecular weight is 492 g/mol. The van der Waals surface area contributed by atoms with E-state index in [4.69, 9.17) is 0 Å². The molecule has 0 spiro atoms. The van der Waals surface area contributed by atoms with Crippen LogP contribution in [0.2, 0.25) is 0 Å². The smallest absolute Gasteiger partial charge is 0.252 e. The zero-order valence-electron chi connectivity index (χ0n) is 18.5. The number of pyridine rings is 2. The third-order valence-corrected chi connectivity index (χ3v) is 8.19. The van der Waals surface area contributed by atoms with Crippen molar-refractivity contribution in [1.82, 2.24) is 23.0 Å². The standard InChI is InChI=1S/C24H21N5O3S2/c1-15-5-7-18-11-19(24(30)26-21(18)10-15)14-29(13-17-4-3-9-25-12-17)34(31,32)23-16(2)6-8-20-22(23)28-33-27-20/h3-12H,13-14H2,1-2H3,(H,26,30). The molecule has 0 saturated heterocycles. The molecule has 8 nitrogen and oxygen atoms in total. The Balaban J connectivity index is 1.64. The van der Waals surface area contributed by atoms with Crippen LogP contribution in [0.15, 0.2) is 70.6 Å². The van der Waals surface area contributed by atoms with Crippen molar-refractivity contribution in [2.75, 3.05) is 0 Å². The molecule has 172 valence electrons. The number of sulfonamides is 1. The molecule has 0 fully saturated rings. The molecule has 3 heterocycles. The van der Waals surface area contributed by atoms with E-state index >= 15 is 0 Å². The van der Waals surface area contributed by atoms with Crippen molar-refractivity contribution in [3.63, 3.8) is 0 Å². The highest BCUT2D eigenvalue weighted by atomic mass is 32.2. The second-order valence-corrected chi connectivity index (χ2v) is 10.6. The quantitative estimate of drug-likeness (QED) is 0.385. The van der Waals surface area contributed by atoms with E-state index in [-0.39, 0.29) is 23.5 Å². The van der Waals surface area contributed by atoms with Gasteiger partial charge in [-0.1, -0.05) is 24.3 Å². The molecule has 5 aromatic rings. The Hall–Kier alpha value is -3.47. The van der Waals surface area contributed by atoms with E-state index in [1.807, 2.05) is 25.1 Å². The minimum absolute atomic E-state index is 0.0505. The maximum absolute atomic E-state index is 14.0. The SMILES string of the molecule is Cc1ccc2cc(CN(Cc3cccnc3)S(=O)(=O)c3c(C)ccc4nsnc34)c(=O)[nH]c2c1. The van der Waals surface area contributed by atoms with Gasteiger partial charge < -0.3 is 4.98 Å². The fourth-order valence-electron chi connectivity index (χ4n) is 3.97. The van der Waals surface area contributed by atoms with Gasteiger partial charge in [-0.3, -0.25) is 9.78 Å². The predicted octanol–water partition coefficient (Wildman–Crippen LogP) is 3.94. The van der Waals surface area contributed by atoms with Gasteiger partial charge in [0.1, 0.15) is 15.9 Å². The first kappa shape index (κ1) is 22.3. The summed E-state index contributed by atoms with van der Waals surface area (Å²) in [5.41, 5.74) is 3.90. The number of aromatic amines is 1. The van der Waals surface area contributed by atoms with E-state index in [2.05, 4.69) is 18.7 Å². The largest absolute Gasteiger partial charge is 0.322 e. The number of fused-ring (bicyclic) bond motifs is 2. The molecular weight excluding hydrogens is 470 g/mol. The van der Waals surface area contributed by atoms with Crippen LogP contribution in [-0.2, 0) is 23.1 Å². The van der Waals surface area contributed by atoms with Crippen LogP contribution in [0.5, 0.6) is 0 Å². The molecule has 0 radical (unpaired) electrons. The van der Waals surface area contributed by atoms with Crippen LogP contribution in [-0.4, -0.2) is 31.4 Å². The van der Waals surface area contributed by atoms with Crippen LogP contribution < -0.4 is 5.56 Å². The molecule has 0 amide bonds. The number of H-pyrrole nitrogens is 1. The Kier molecular flexibility index (Phi) is 5.72. The van der Waals surface area contributed by atoms with Crippen molar-refractivity contribution >= 4 is 43.7 Å². The van der Waals surface area contributed by atoms with E-state index < -0.39 is 10.0 Å². The minimum Gasteiger partial charge on any atom is -0.322 e. The first-order chi connectivity index (χ1) is 16.3. The van der Waals surface area contributed by atoms with Crippen LogP contribution in [0.25, 0.3) is 21.9 Å². The highest BCUT2D eigenvalue weighted by Crippen LogP contribution is 2.30. The van der Waals surface area contributed by atoms with Gasteiger partial charge in [-0.25, -0.2) is 8.42 Å². The molecule has 0 saturated carbocycles.